The van der Waals surface area contributed by atoms with E-state index in [9.17, 15) is 33.4 Å². The third-order valence-corrected chi connectivity index (χ3v) is 13.2. The fraction of sp³-hybridized carbons (Fsp3) is 0.560. The summed E-state index contributed by atoms with van der Waals surface area (Å²) in [6.07, 6.45) is 1.31. The number of fused-ring (bicyclic) bond motifs is 2. The SMILES string of the molecule is CCn1c(-c2cc(N3CCN4CCC[C@@H]4C3)cnc2C(C)OC)c(CC(C)(C)CO)c2cc(-c3cc(CC(NC(=O)OC(C)(C)C)C(=O)N4CCC[C@@H](C(=O)O)N4)cc(C(F)F)c3)ccc21. The molecule has 0 radical (unpaired) electrons. The zero-order valence-corrected chi connectivity index (χ0v) is 39.6. The van der Waals surface area contributed by atoms with Crippen molar-refractivity contribution in [2.45, 2.75) is 130 Å². The average Bonchev–Trinajstić information content (AvgIpc) is 3.88. The summed E-state index contributed by atoms with van der Waals surface area (Å²) in [5.41, 5.74) is 8.22. The molecule has 16 heteroatoms. The van der Waals surface area contributed by atoms with E-state index in [4.69, 9.17) is 14.5 Å². The number of piperazine rings is 1. The van der Waals surface area contributed by atoms with Crippen molar-refractivity contribution >= 4 is 34.6 Å². The van der Waals surface area contributed by atoms with Crippen LogP contribution in [-0.2, 0) is 38.4 Å². The number of aliphatic carboxylic acids is 1. The van der Waals surface area contributed by atoms with Gasteiger partial charge in [0.2, 0.25) is 0 Å². The molecule has 7 rings (SSSR count). The maximum Gasteiger partial charge on any atom is 0.408 e. The lowest BCUT2D eigenvalue weighted by atomic mass is 9.84. The van der Waals surface area contributed by atoms with Gasteiger partial charge in [-0.1, -0.05) is 32.0 Å². The van der Waals surface area contributed by atoms with Crippen molar-refractivity contribution in [1.82, 2.24) is 30.2 Å². The number of aliphatic hydroxyl groups is 1. The van der Waals surface area contributed by atoms with Crippen LogP contribution in [0, 0.1) is 5.41 Å². The van der Waals surface area contributed by atoms with Crippen LogP contribution >= 0.6 is 0 Å². The molecule has 3 aliphatic heterocycles. The number of hydrazine groups is 1. The highest BCUT2D eigenvalue weighted by Gasteiger charge is 2.35. The van der Waals surface area contributed by atoms with Gasteiger partial charge in [-0.15, -0.1) is 0 Å². The van der Waals surface area contributed by atoms with Crippen LogP contribution in [0.25, 0.3) is 33.3 Å². The van der Waals surface area contributed by atoms with Crippen LogP contribution < -0.4 is 15.6 Å². The smallest absolute Gasteiger partial charge is 0.408 e. The Labute approximate surface area is 386 Å². The molecule has 0 saturated carbocycles. The van der Waals surface area contributed by atoms with Crippen LogP contribution in [0.4, 0.5) is 19.3 Å². The first kappa shape index (κ1) is 48.8. The highest BCUT2D eigenvalue weighted by atomic mass is 19.3. The number of halogens is 2. The van der Waals surface area contributed by atoms with Crippen molar-refractivity contribution in [3.05, 3.63) is 71.0 Å². The molecule has 4 atom stereocenters. The van der Waals surface area contributed by atoms with Gasteiger partial charge in [-0.05, 0) is 125 Å². The van der Waals surface area contributed by atoms with Crippen LogP contribution in [-0.4, -0.2) is 118 Å². The Balaban J connectivity index is 1.34. The second-order valence-corrected chi connectivity index (χ2v) is 19.9. The first-order chi connectivity index (χ1) is 31.3. The number of carboxylic acid groups (broad SMARTS) is 1. The molecule has 2 aromatic carbocycles. The van der Waals surface area contributed by atoms with E-state index in [-0.39, 0.29) is 31.2 Å². The number of carbonyl (C=O) groups is 3. The fourth-order valence-corrected chi connectivity index (χ4v) is 9.77. The monoisotopic (exact) mass is 916 g/mol. The Morgan fingerprint density at radius 2 is 1.74 bits per heavy atom. The number of methoxy groups -OCH3 is 1. The molecule has 3 saturated heterocycles. The predicted molar refractivity (Wildman–Crippen MR) is 250 cm³/mol. The zero-order valence-electron chi connectivity index (χ0n) is 39.6. The number of nitrogens with one attached hydrogen (secondary N) is 2. The number of hydrogen-bond acceptors (Lipinski definition) is 10. The lowest BCUT2D eigenvalue weighted by molar-refractivity contribution is -0.147. The summed E-state index contributed by atoms with van der Waals surface area (Å²) in [6.45, 7) is 17.9. The standard InChI is InChI=1S/C50H67F2N7O7/c1-9-58-42-15-14-32(33-20-31(21-34(23-33)45(51)52)22-41(54-48(64)66-49(3,4)5)46(61)59-17-11-13-40(55-59)47(62)63)24-37(42)39(26-50(6,7)29-60)44(58)38-25-36(27-53-43(38)30(2)65-8)57-19-18-56-16-10-12-35(56)28-57/h14-15,20-21,23-25,27,30,35,40-41,45,55,60H,9-13,16-19,22,26,28-29H2,1-8H3,(H,54,64)(H,62,63)/t30?,35-,40+,41?/m1/s1. The van der Waals surface area contributed by atoms with Crippen molar-refractivity contribution in [2.24, 2.45) is 5.41 Å². The molecule has 4 N–H and O–H groups in total. The Hall–Kier alpha value is -5.16. The summed E-state index contributed by atoms with van der Waals surface area (Å²) in [4.78, 5) is 49.2. The molecular formula is C50H67F2N7O7. The Bertz CT molecular complexity index is 2420. The van der Waals surface area contributed by atoms with Crippen molar-refractivity contribution < 1.29 is 42.9 Å². The van der Waals surface area contributed by atoms with E-state index >= 15 is 0 Å². The van der Waals surface area contributed by atoms with Gasteiger partial charge in [0.15, 0.2) is 0 Å². The molecular weight excluding hydrogens is 849 g/mol. The van der Waals surface area contributed by atoms with Gasteiger partial charge in [0.05, 0.1) is 29.4 Å². The van der Waals surface area contributed by atoms with Gasteiger partial charge in [0, 0.05) is 80.9 Å². The van der Waals surface area contributed by atoms with Gasteiger partial charge in [-0.3, -0.25) is 24.5 Å². The van der Waals surface area contributed by atoms with Crippen molar-refractivity contribution in [2.75, 3.05) is 51.3 Å². The molecule has 0 aliphatic carbocycles. The zero-order chi connectivity index (χ0) is 47.7. The lowest BCUT2D eigenvalue weighted by Crippen LogP contribution is -2.60. The molecule has 0 bridgehead atoms. The van der Waals surface area contributed by atoms with E-state index in [2.05, 4.69) is 38.1 Å². The maximum atomic E-state index is 14.9. The minimum Gasteiger partial charge on any atom is -0.480 e. The highest BCUT2D eigenvalue weighted by Crippen LogP contribution is 2.43. The number of hydrogen-bond donors (Lipinski definition) is 4. The molecule has 66 heavy (non-hydrogen) atoms. The first-order valence-corrected chi connectivity index (χ1v) is 23.3. The van der Waals surface area contributed by atoms with Crippen LogP contribution in [0.1, 0.15) is 109 Å². The van der Waals surface area contributed by atoms with Crippen LogP contribution in [0.15, 0.2) is 48.7 Å². The molecule has 3 aliphatic rings. The third-order valence-electron chi connectivity index (χ3n) is 13.2. The topological polar surface area (TPSA) is 162 Å². The van der Waals surface area contributed by atoms with E-state index in [0.717, 1.165) is 65.3 Å². The van der Waals surface area contributed by atoms with Crippen molar-refractivity contribution in [1.29, 1.82) is 0 Å². The number of ether oxygens (including phenoxy) is 2. The van der Waals surface area contributed by atoms with Crippen LogP contribution in [0.5, 0.6) is 0 Å². The van der Waals surface area contributed by atoms with E-state index in [1.54, 1.807) is 33.9 Å². The Kier molecular flexibility index (Phi) is 14.8. The molecule has 4 aromatic rings. The first-order valence-electron chi connectivity index (χ1n) is 23.3. The van der Waals surface area contributed by atoms with E-state index in [1.165, 1.54) is 30.0 Å². The minimum atomic E-state index is -2.85. The Morgan fingerprint density at radius 1 is 0.985 bits per heavy atom. The molecule has 5 heterocycles. The number of benzene rings is 2. The molecule has 14 nitrogen and oxygen atoms in total. The third kappa shape index (κ3) is 10.8. The van der Waals surface area contributed by atoms with Gasteiger partial charge in [0.1, 0.15) is 17.7 Å². The molecule has 358 valence electrons. The van der Waals surface area contributed by atoms with Crippen LogP contribution in [0.2, 0.25) is 0 Å². The molecule has 0 spiro atoms. The minimum absolute atomic E-state index is 0.0723. The number of carbonyl (C=O) groups excluding carboxylic acids is 2. The van der Waals surface area contributed by atoms with Gasteiger partial charge in [-0.2, -0.15) is 0 Å². The predicted octanol–water partition coefficient (Wildman–Crippen LogP) is 7.90. The number of alkyl carbamates (subject to hydrolysis) is 1. The highest BCUT2D eigenvalue weighted by molar-refractivity contribution is 5.96. The number of carboxylic acids is 1. The van der Waals surface area contributed by atoms with E-state index in [0.29, 0.717) is 48.5 Å². The molecule has 2 amide bonds. The van der Waals surface area contributed by atoms with Gasteiger partial charge < -0.3 is 34.5 Å². The quantitative estimate of drug-likeness (QED) is 0.0918. The fourth-order valence-electron chi connectivity index (χ4n) is 9.77. The second kappa shape index (κ2) is 20.0. The summed E-state index contributed by atoms with van der Waals surface area (Å²) in [5.74, 6) is -1.74. The number of rotatable bonds is 15. The summed E-state index contributed by atoms with van der Waals surface area (Å²) in [6, 6.07) is 10.9. The molecule has 3 fully saturated rings. The number of alkyl halides is 2. The lowest BCUT2D eigenvalue weighted by Gasteiger charge is -2.39. The average molecular weight is 916 g/mol. The van der Waals surface area contributed by atoms with Gasteiger partial charge in [-0.25, -0.2) is 19.0 Å². The summed E-state index contributed by atoms with van der Waals surface area (Å²) in [5, 5.41) is 25.1. The number of aromatic nitrogens is 2. The van der Waals surface area contributed by atoms with Gasteiger partial charge in [0.25, 0.3) is 12.3 Å². The summed E-state index contributed by atoms with van der Waals surface area (Å²) >= 11 is 0. The molecule has 2 aromatic heterocycles. The van der Waals surface area contributed by atoms with E-state index < -0.39 is 47.5 Å². The second-order valence-electron chi connectivity index (χ2n) is 19.9. The summed E-state index contributed by atoms with van der Waals surface area (Å²) < 4.78 is 43.4. The number of aryl methyl sites for hydroxylation is 1. The largest absolute Gasteiger partial charge is 0.480 e. The Morgan fingerprint density at radius 3 is 2.42 bits per heavy atom. The maximum absolute atomic E-state index is 14.9. The summed E-state index contributed by atoms with van der Waals surface area (Å²) in [7, 11) is 1.67. The number of aliphatic hydroxyl groups excluding tert-OH is 1. The number of nitrogens with zero attached hydrogens (tertiary/aromatic N) is 5. The normalized spacial score (nSPS) is 19.3. The van der Waals surface area contributed by atoms with Gasteiger partial charge >= 0.3 is 12.1 Å². The number of pyridine rings is 1. The number of amides is 2. The van der Waals surface area contributed by atoms with Crippen molar-refractivity contribution in [3.63, 3.8) is 0 Å². The molecule has 2 unspecified atom stereocenters. The van der Waals surface area contributed by atoms with E-state index in [1.807, 2.05) is 45.2 Å². The number of anilines is 1. The van der Waals surface area contributed by atoms with Crippen molar-refractivity contribution in [3.8, 4) is 22.4 Å². The van der Waals surface area contributed by atoms with Crippen LogP contribution in [0.3, 0.4) is 0 Å².